The smallest absolute Gasteiger partial charge is 0.0575 e. The van der Waals surface area contributed by atoms with Crippen molar-refractivity contribution in [2.24, 2.45) is 11.8 Å². The van der Waals surface area contributed by atoms with Crippen molar-refractivity contribution in [3.63, 3.8) is 0 Å². The zero-order valence-electron chi connectivity index (χ0n) is 10.0. The van der Waals surface area contributed by atoms with Crippen LogP contribution >= 0.6 is 0 Å². The van der Waals surface area contributed by atoms with Crippen LogP contribution in [0.2, 0.25) is 0 Å². The molecule has 0 spiro atoms. The Morgan fingerprint density at radius 2 is 1.93 bits per heavy atom. The molecule has 2 fully saturated rings. The third-order valence-electron chi connectivity index (χ3n) is 4.00. The summed E-state index contributed by atoms with van der Waals surface area (Å²) in [6.45, 7) is 5.78. The Balaban J connectivity index is 1.53. The first kappa shape index (κ1) is 11.4. The van der Waals surface area contributed by atoms with Crippen molar-refractivity contribution < 1.29 is 4.74 Å². The van der Waals surface area contributed by atoms with E-state index < -0.39 is 0 Å². The van der Waals surface area contributed by atoms with Crippen LogP contribution in [0.15, 0.2) is 0 Å². The summed E-state index contributed by atoms with van der Waals surface area (Å²) in [7, 11) is 0. The second-order valence-corrected chi connectivity index (χ2v) is 5.40. The summed E-state index contributed by atoms with van der Waals surface area (Å²) in [5.74, 6) is 1.82. The molecule has 1 heterocycles. The first-order valence-electron chi connectivity index (χ1n) is 6.67. The van der Waals surface area contributed by atoms with E-state index in [2.05, 4.69) is 12.2 Å². The lowest BCUT2D eigenvalue weighted by Crippen LogP contribution is -2.21. The topological polar surface area (TPSA) is 21.3 Å². The number of ether oxygens (including phenoxy) is 1. The van der Waals surface area contributed by atoms with Gasteiger partial charge in [-0.05, 0) is 63.5 Å². The number of hydrogen-bond donors (Lipinski definition) is 1. The Bertz CT molecular complexity index is 169. The molecule has 0 radical (unpaired) electrons. The maximum absolute atomic E-state index is 5.97. The van der Waals surface area contributed by atoms with Crippen molar-refractivity contribution in [3.8, 4) is 0 Å². The van der Waals surface area contributed by atoms with Gasteiger partial charge in [-0.1, -0.05) is 6.92 Å². The molecule has 1 N–H and O–H groups in total. The van der Waals surface area contributed by atoms with E-state index in [4.69, 9.17) is 4.74 Å². The highest BCUT2D eigenvalue weighted by atomic mass is 16.5. The number of rotatable bonds is 4. The van der Waals surface area contributed by atoms with Crippen molar-refractivity contribution >= 4 is 0 Å². The molecular weight excluding hydrogens is 186 g/mol. The monoisotopic (exact) mass is 211 g/mol. The van der Waals surface area contributed by atoms with Gasteiger partial charge in [0.15, 0.2) is 0 Å². The van der Waals surface area contributed by atoms with E-state index in [-0.39, 0.29) is 0 Å². The van der Waals surface area contributed by atoms with Crippen molar-refractivity contribution in [3.05, 3.63) is 0 Å². The molecule has 88 valence electrons. The van der Waals surface area contributed by atoms with Crippen LogP contribution < -0.4 is 5.32 Å². The lowest BCUT2D eigenvalue weighted by atomic mass is 9.89. The largest absolute Gasteiger partial charge is 0.378 e. The maximum Gasteiger partial charge on any atom is 0.0575 e. The predicted octanol–water partition coefficient (Wildman–Crippen LogP) is 2.58. The van der Waals surface area contributed by atoms with E-state index in [0.717, 1.165) is 18.4 Å². The minimum atomic E-state index is 0.579. The molecule has 2 aliphatic rings. The third kappa shape index (κ3) is 3.76. The second kappa shape index (κ2) is 5.86. The van der Waals surface area contributed by atoms with Crippen molar-refractivity contribution in [1.29, 1.82) is 0 Å². The molecular formula is C13H25NO. The zero-order chi connectivity index (χ0) is 10.5. The fraction of sp³-hybridized carbons (Fsp3) is 1.00. The summed E-state index contributed by atoms with van der Waals surface area (Å²) in [6.07, 6.45) is 8.53. The van der Waals surface area contributed by atoms with E-state index in [1.807, 2.05) is 0 Å². The Kier molecular flexibility index (Phi) is 4.45. The molecule has 1 aliphatic carbocycles. The van der Waals surface area contributed by atoms with Crippen molar-refractivity contribution in [1.82, 2.24) is 5.32 Å². The average molecular weight is 211 g/mol. The fourth-order valence-corrected chi connectivity index (χ4v) is 2.76. The van der Waals surface area contributed by atoms with Gasteiger partial charge in [0.2, 0.25) is 0 Å². The normalized spacial score (nSPS) is 37.0. The van der Waals surface area contributed by atoms with E-state index in [1.54, 1.807) is 0 Å². The Hall–Kier alpha value is -0.0800. The van der Waals surface area contributed by atoms with Crippen molar-refractivity contribution in [2.45, 2.75) is 51.6 Å². The molecule has 1 saturated carbocycles. The molecule has 15 heavy (non-hydrogen) atoms. The molecule has 2 nitrogen and oxygen atoms in total. The molecule has 1 atom stereocenters. The highest BCUT2D eigenvalue weighted by molar-refractivity contribution is 4.72. The minimum Gasteiger partial charge on any atom is -0.378 e. The molecule has 0 aromatic heterocycles. The van der Waals surface area contributed by atoms with Gasteiger partial charge in [-0.15, -0.1) is 0 Å². The molecule has 2 heteroatoms. The van der Waals surface area contributed by atoms with E-state index in [9.17, 15) is 0 Å². The van der Waals surface area contributed by atoms with E-state index >= 15 is 0 Å². The zero-order valence-corrected chi connectivity index (χ0v) is 10.0. The van der Waals surface area contributed by atoms with E-state index in [1.165, 1.54) is 51.6 Å². The van der Waals surface area contributed by atoms with Crippen molar-refractivity contribution in [2.75, 3.05) is 19.7 Å². The quantitative estimate of drug-likeness (QED) is 0.771. The Labute approximate surface area is 93.8 Å². The SMILES string of the molecule is CC1CCC(OCCC2CCNC2)CC1. The summed E-state index contributed by atoms with van der Waals surface area (Å²) in [6, 6.07) is 0. The van der Waals surface area contributed by atoms with Gasteiger partial charge >= 0.3 is 0 Å². The molecule has 1 saturated heterocycles. The molecule has 1 aliphatic heterocycles. The number of hydrogen-bond acceptors (Lipinski definition) is 2. The second-order valence-electron chi connectivity index (χ2n) is 5.40. The van der Waals surface area contributed by atoms with Gasteiger partial charge in [-0.2, -0.15) is 0 Å². The average Bonchev–Trinajstić information content (AvgIpc) is 2.74. The Morgan fingerprint density at radius 3 is 2.60 bits per heavy atom. The van der Waals surface area contributed by atoms with Crippen LogP contribution in [-0.2, 0) is 4.74 Å². The fourth-order valence-electron chi connectivity index (χ4n) is 2.76. The molecule has 0 aromatic carbocycles. The highest BCUT2D eigenvalue weighted by Crippen LogP contribution is 2.26. The van der Waals surface area contributed by atoms with Crippen LogP contribution in [0.4, 0.5) is 0 Å². The standard InChI is InChI=1S/C13H25NO/c1-11-2-4-13(5-3-11)15-9-7-12-6-8-14-10-12/h11-14H,2-10H2,1H3. The molecule has 2 rings (SSSR count). The molecule has 0 amide bonds. The van der Waals surface area contributed by atoms with Gasteiger partial charge in [0.25, 0.3) is 0 Å². The highest BCUT2D eigenvalue weighted by Gasteiger charge is 2.19. The summed E-state index contributed by atoms with van der Waals surface area (Å²) in [5, 5.41) is 3.41. The summed E-state index contributed by atoms with van der Waals surface area (Å²) in [4.78, 5) is 0. The van der Waals surface area contributed by atoms with Gasteiger partial charge in [0.1, 0.15) is 0 Å². The maximum atomic E-state index is 5.97. The van der Waals surface area contributed by atoms with Crippen LogP contribution in [0.3, 0.4) is 0 Å². The lowest BCUT2D eigenvalue weighted by molar-refractivity contribution is 0.0141. The van der Waals surface area contributed by atoms with Gasteiger partial charge < -0.3 is 10.1 Å². The molecule has 1 unspecified atom stereocenters. The third-order valence-corrected chi connectivity index (χ3v) is 4.00. The van der Waals surface area contributed by atoms with E-state index in [0.29, 0.717) is 6.10 Å². The van der Waals surface area contributed by atoms with Gasteiger partial charge in [0.05, 0.1) is 6.10 Å². The first-order valence-corrected chi connectivity index (χ1v) is 6.67. The summed E-state index contributed by atoms with van der Waals surface area (Å²) in [5.41, 5.74) is 0. The minimum absolute atomic E-state index is 0.579. The summed E-state index contributed by atoms with van der Waals surface area (Å²) >= 11 is 0. The van der Waals surface area contributed by atoms with Crippen LogP contribution in [-0.4, -0.2) is 25.8 Å². The molecule has 0 aromatic rings. The van der Waals surface area contributed by atoms with Crippen LogP contribution in [0.25, 0.3) is 0 Å². The van der Waals surface area contributed by atoms with Crippen LogP contribution in [0, 0.1) is 11.8 Å². The van der Waals surface area contributed by atoms with Crippen LogP contribution in [0.5, 0.6) is 0 Å². The first-order chi connectivity index (χ1) is 7.34. The Morgan fingerprint density at radius 1 is 1.13 bits per heavy atom. The van der Waals surface area contributed by atoms with Crippen LogP contribution in [0.1, 0.15) is 45.4 Å². The van der Waals surface area contributed by atoms with Gasteiger partial charge in [-0.25, -0.2) is 0 Å². The van der Waals surface area contributed by atoms with Gasteiger partial charge in [-0.3, -0.25) is 0 Å². The summed E-state index contributed by atoms with van der Waals surface area (Å²) < 4.78 is 5.97. The predicted molar refractivity (Wildman–Crippen MR) is 63.0 cm³/mol. The lowest BCUT2D eigenvalue weighted by Gasteiger charge is -2.26. The molecule has 0 bridgehead atoms. The van der Waals surface area contributed by atoms with Gasteiger partial charge in [0, 0.05) is 6.61 Å². The number of nitrogens with one attached hydrogen (secondary N) is 1.